The summed E-state index contributed by atoms with van der Waals surface area (Å²) < 4.78 is 58.3. The number of ether oxygens (including phenoxy) is 3. The van der Waals surface area contributed by atoms with Gasteiger partial charge in [0, 0.05) is 0 Å². The number of benzene rings is 1. The van der Waals surface area contributed by atoms with Gasteiger partial charge in [0.25, 0.3) is 0 Å². The standard InChI is InChI=1S/C24H32FN6O8P/c1-13(2)37-21(33)14(3)30-40(34,39-15-9-7-6-8-10-15)36-11-16-18(32)24(4,25)22(38-16)31-12-27-17-19(31)28-23(26)29-20(17)35-5/h6-10,12-14,16,18,22,32H,11H2,1-5H3,(H,30,34)(H2,26,28,29)/t14-,16+,18?,22+,24-,40-/m0/s1. The highest BCUT2D eigenvalue weighted by Crippen LogP contribution is 2.48. The average Bonchev–Trinajstić information content (AvgIpc) is 3.40. The van der Waals surface area contributed by atoms with Crippen LogP contribution in [-0.2, 0) is 23.4 Å². The number of aliphatic hydroxyl groups excluding tert-OH is 1. The number of anilines is 1. The van der Waals surface area contributed by atoms with Crippen molar-refractivity contribution in [1.82, 2.24) is 24.6 Å². The Morgan fingerprint density at radius 2 is 2.00 bits per heavy atom. The quantitative estimate of drug-likeness (QED) is 0.222. The summed E-state index contributed by atoms with van der Waals surface area (Å²) in [5.41, 5.74) is 3.71. The first-order valence-electron chi connectivity index (χ1n) is 12.4. The van der Waals surface area contributed by atoms with Gasteiger partial charge in [0.15, 0.2) is 23.1 Å². The number of aromatic nitrogens is 4. The molecule has 4 rings (SSSR count). The van der Waals surface area contributed by atoms with Gasteiger partial charge in [-0.2, -0.15) is 15.1 Å². The molecule has 218 valence electrons. The first-order valence-corrected chi connectivity index (χ1v) is 13.9. The number of para-hydroxylation sites is 1. The highest BCUT2D eigenvalue weighted by atomic mass is 31.2. The van der Waals surface area contributed by atoms with Gasteiger partial charge in [-0.1, -0.05) is 18.2 Å². The Labute approximate surface area is 229 Å². The van der Waals surface area contributed by atoms with E-state index in [0.717, 1.165) is 6.92 Å². The molecule has 40 heavy (non-hydrogen) atoms. The van der Waals surface area contributed by atoms with Gasteiger partial charge >= 0.3 is 13.7 Å². The summed E-state index contributed by atoms with van der Waals surface area (Å²) in [5.74, 6) is -0.566. The van der Waals surface area contributed by atoms with Crippen molar-refractivity contribution in [3.63, 3.8) is 0 Å². The molecule has 1 saturated heterocycles. The molecule has 0 radical (unpaired) electrons. The summed E-state index contributed by atoms with van der Waals surface area (Å²) >= 11 is 0. The number of nitrogens with two attached hydrogens (primary N) is 1. The topological polar surface area (TPSA) is 182 Å². The number of hydrogen-bond donors (Lipinski definition) is 3. The van der Waals surface area contributed by atoms with E-state index in [0.29, 0.717) is 0 Å². The molecule has 0 saturated carbocycles. The summed E-state index contributed by atoms with van der Waals surface area (Å²) in [4.78, 5) is 24.6. The van der Waals surface area contributed by atoms with Crippen LogP contribution in [0.1, 0.15) is 33.9 Å². The molecule has 0 spiro atoms. The van der Waals surface area contributed by atoms with Crippen LogP contribution in [0, 0.1) is 0 Å². The monoisotopic (exact) mass is 582 g/mol. The molecular formula is C24H32FN6O8P. The molecule has 1 unspecified atom stereocenters. The van der Waals surface area contributed by atoms with Crippen molar-refractivity contribution in [2.75, 3.05) is 19.5 Å². The summed E-state index contributed by atoms with van der Waals surface area (Å²) in [5, 5.41) is 13.4. The maximum absolute atomic E-state index is 15.9. The van der Waals surface area contributed by atoms with E-state index in [1.165, 1.54) is 37.1 Å². The zero-order valence-corrected chi connectivity index (χ0v) is 23.4. The van der Waals surface area contributed by atoms with Gasteiger partial charge in [0.1, 0.15) is 24.0 Å². The summed E-state index contributed by atoms with van der Waals surface area (Å²) in [6, 6.07) is 7.02. The number of fused-ring (bicyclic) bond motifs is 1. The van der Waals surface area contributed by atoms with Crippen molar-refractivity contribution >= 4 is 30.8 Å². The number of methoxy groups -OCH3 is 1. The number of nitrogens with one attached hydrogen (secondary N) is 1. The van der Waals surface area contributed by atoms with E-state index in [2.05, 4.69) is 20.0 Å². The smallest absolute Gasteiger partial charge is 0.459 e. The second-order valence-electron chi connectivity index (χ2n) is 9.57. The lowest BCUT2D eigenvalue weighted by Crippen LogP contribution is -2.41. The number of rotatable bonds is 11. The fourth-order valence-electron chi connectivity index (χ4n) is 4.08. The molecule has 1 aromatic carbocycles. The van der Waals surface area contributed by atoms with Crippen molar-refractivity contribution in [3.05, 3.63) is 36.7 Å². The fourth-order valence-corrected chi connectivity index (χ4v) is 5.58. The maximum Gasteiger partial charge on any atom is 0.459 e. The summed E-state index contributed by atoms with van der Waals surface area (Å²) in [6.07, 6.45) is -3.63. The van der Waals surface area contributed by atoms with Crippen molar-refractivity contribution in [3.8, 4) is 11.6 Å². The van der Waals surface area contributed by atoms with Crippen LogP contribution in [0.2, 0.25) is 0 Å². The third-order valence-corrected chi connectivity index (χ3v) is 7.65. The van der Waals surface area contributed by atoms with E-state index in [1.807, 2.05) is 0 Å². The summed E-state index contributed by atoms with van der Waals surface area (Å²) in [7, 11) is -2.92. The van der Waals surface area contributed by atoms with Gasteiger partial charge in [-0.25, -0.2) is 13.9 Å². The molecule has 1 aliphatic heterocycles. The number of esters is 1. The summed E-state index contributed by atoms with van der Waals surface area (Å²) in [6.45, 7) is 5.33. The first-order chi connectivity index (χ1) is 18.8. The van der Waals surface area contributed by atoms with Gasteiger partial charge in [0.05, 0.1) is 26.1 Å². The molecule has 3 heterocycles. The zero-order chi connectivity index (χ0) is 29.2. The third kappa shape index (κ3) is 6.18. The van der Waals surface area contributed by atoms with Crippen molar-refractivity contribution in [1.29, 1.82) is 0 Å². The number of carbonyl (C=O) groups is 1. The number of imidazole rings is 1. The predicted octanol–water partition coefficient (Wildman–Crippen LogP) is 2.54. The van der Waals surface area contributed by atoms with Crippen LogP contribution in [0.4, 0.5) is 10.3 Å². The Morgan fingerprint density at radius 3 is 2.65 bits per heavy atom. The number of alkyl halides is 1. The highest BCUT2D eigenvalue weighted by molar-refractivity contribution is 7.52. The molecule has 3 aromatic rings. The molecule has 16 heteroatoms. The van der Waals surface area contributed by atoms with Crippen molar-refractivity contribution in [2.24, 2.45) is 0 Å². The van der Waals surface area contributed by atoms with Crippen LogP contribution in [0.25, 0.3) is 11.2 Å². The van der Waals surface area contributed by atoms with Crippen LogP contribution in [0.15, 0.2) is 36.7 Å². The minimum atomic E-state index is -4.29. The second kappa shape index (κ2) is 11.6. The lowest BCUT2D eigenvalue weighted by atomic mass is 9.98. The Kier molecular flexibility index (Phi) is 8.61. The number of nitrogens with zero attached hydrogens (tertiary/aromatic N) is 4. The van der Waals surface area contributed by atoms with Gasteiger partial charge in [-0.3, -0.25) is 13.9 Å². The molecule has 14 nitrogen and oxygen atoms in total. The van der Waals surface area contributed by atoms with Crippen LogP contribution in [-0.4, -0.2) is 74.3 Å². The van der Waals surface area contributed by atoms with Gasteiger partial charge in [-0.15, -0.1) is 0 Å². The van der Waals surface area contributed by atoms with E-state index in [1.54, 1.807) is 32.0 Å². The van der Waals surface area contributed by atoms with E-state index < -0.39 is 56.6 Å². The molecule has 1 aliphatic rings. The van der Waals surface area contributed by atoms with Crippen molar-refractivity contribution in [2.45, 2.75) is 63.9 Å². The van der Waals surface area contributed by atoms with E-state index in [4.69, 9.17) is 29.0 Å². The first kappa shape index (κ1) is 29.6. The highest BCUT2D eigenvalue weighted by Gasteiger charge is 2.56. The van der Waals surface area contributed by atoms with E-state index in [9.17, 15) is 14.5 Å². The Morgan fingerprint density at radius 1 is 1.30 bits per heavy atom. The molecule has 2 aromatic heterocycles. The lowest BCUT2D eigenvalue weighted by molar-refractivity contribution is -0.149. The zero-order valence-electron chi connectivity index (χ0n) is 22.6. The molecule has 6 atom stereocenters. The number of nitrogen functional groups attached to an aromatic ring is 1. The minimum absolute atomic E-state index is 0.0791. The third-order valence-electron chi connectivity index (χ3n) is 6.00. The van der Waals surface area contributed by atoms with Gasteiger partial charge in [0.2, 0.25) is 11.8 Å². The van der Waals surface area contributed by atoms with Crippen LogP contribution < -0.4 is 20.1 Å². The maximum atomic E-state index is 15.9. The SMILES string of the molecule is COc1nc(N)nc2c1ncn2[C@@H]1O[C@H](CO[P@@](=O)(N[C@@H](C)C(=O)OC(C)C)Oc2ccccc2)C(O)[C@]1(C)F. The predicted molar refractivity (Wildman–Crippen MR) is 140 cm³/mol. The molecular weight excluding hydrogens is 550 g/mol. The average molecular weight is 583 g/mol. The lowest BCUT2D eigenvalue weighted by Gasteiger charge is -2.25. The normalized spacial score (nSPS) is 25.1. The number of halogens is 1. The molecule has 0 aliphatic carbocycles. The molecule has 0 bridgehead atoms. The van der Waals surface area contributed by atoms with Crippen LogP contribution >= 0.6 is 7.75 Å². The molecule has 4 N–H and O–H groups in total. The Bertz CT molecular complexity index is 1390. The Hall–Kier alpha value is -3.36. The molecule has 0 amide bonds. The number of hydrogen-bond acceptors (Lipinski definition) is 12. The van der Waals surface area contributed by atoms with Gasteiger partial charge < -0.3 is 29.6 Å². The van der Waals surface area contributed by atoms with E-state index >= 15 is 4.39 Å². The minimum Gasteiger partial charge on any atom is -0.479 e. The largest absolute Gasteiger partial charge is 0.479 e. The second-order valence-corrected chi connectivity index (χ2v) is 11.3. The number of carbonyl (C=O) groups excluding carboxylic acids is 1. The fraction of sp³-hybridized carbons (Fsp3) is 0.500. The van der Waals surface area contributed by atoms with Crippen LogP contribution in [0.5, 0.6) is 11.6 Å². The van der Waals surface area contributed by atoms with Crippen molar-refractivity contribution < 1.29 is 42.1 Å². The molecule has 1 fully saturated rings. The van der Waals surface area contributed by atoms with Crippen LogP contribution in [0.3, 0.4) is 0 Å². The van der Waals surface area contributed by atoms with Gasteiger partial charge in [-0.05, 0) is 39.8 Å². The number of aliphatic hydroxyl groups is 1. The van der Waals surface area contributed by atoms with E-state index in [-0.39, 0.29) is 28.7 Å². The Balaban J connectivity index is 1.56.